The fourth-order valence-electron chi connectivity index (χ4n) is 2.34. The standard InChI is InChI=1S/C17H15N3O2/c18-16-8-7-15(19-20(16)10-9-17(21)22)14-6-5-12-3-1-2-4-13(12)11-14/h1-8,11,18H,9-10H2,(H,21,22). The first-order valence-electron chi connectivity index (χ1n) is 6.97. The van der Waals surface area contributed by atoms with E-state index in [9.17, 15) is 4.79 Å². The molecule has 0 aliphatic carbocycles. The normalized spacial score (nSPS) is 10.7. The molecule has 5 heteroatoms. The number of hydrogen-bond donors (Lipinski definition) is 2. The number of rotatable bonds is 4. The summed E-state index contributed by atoms with van der Waals surface area (Å²) in [6.45, 7) is 0.190. The fraction of sp³-hybridized carbons (Fsp3) is 0.118. The van der Waals surface area contributed by atoms with Gasteiger partial charge in [0, 0.05) is 5.56 Å². The summed E-state index contributed by atoms with van der Waals surface area (Å²) < 4.78 is 1.42. The quantitative estimate of drug-likeness (QED) is 0.776. The lowest BCUT2D eigenvalue weighted by atomic mass is 10.1. The zero-order valence-corrected chi connectivity index (χ0v) is 11.9. The first kappa shape index (κ1) is 14.0. The lowest BCUT2D eigenvalue weighted by Gasteiger charge is -2.08. The van der Waals surface area contributed by atoms with Gasteiger partial charge in [0.15, 0.2) is 0 Å². The van der Waals surface area contributed by atoms with Crippen molar-refractivity contribution in [3.05, 3.63) is 60.1 Å². The topological polar surface area (TPSA) is 79.0 Å². The highest BCUT2D eigenvalue weighted by Gasteiger charge is 2.05. The van der Waals surface area contributed by atoms with Crippen LogP contribution in [0.1, 0.15) is 6.42 Å². The average Bonchev–Trinajstić information content (AvgIpc) is 2.53. The summed E-state index contributed by atoms with van der Waals surface area (Å²) in [6.07, 6.45) is -0.0509. The van der Waals surface area contributed by atoms with Crippen LogP contribution in [-0.4, -0.2) is 20.9 Å². The number of nitrogens with one attached hydrogen (secondary N) is 1. The van der Waals surface area contributed by atoms with E-state index < -0.39 is 5.97 Å². The number of aliphatic carboxylic acids is 1. The van der Waals surface area contributed by atoms with E-state index in [1.54, 1.807) is 12.1 Å². The van der Waals surface area contributed by atoms with Gasteiger partial charge in [0.25, 0.3) is 0 Å². The number of aromatic nitrogens is 2. The lowest BCUT2D eigenvalue weighted by Crippen LogP contribution is -2.23. The van der Waals surface area contributed by atoms with Crippen molar-refractivity contribution in [3.63, 3.8) is 0 Å². The van der Waals surface area contributed by atoms with Crippen LogP contribution < -0.4 is 5.49 Å². The number of carbonyl (C=O) groups is 1. The summed E-state index contributed by atoms with van der Waals surface area (Å²) >= 11 is 0. The summed E-state index contributed by atoms with van der Waals surface area (Å²) in [4.78, 5) is 10.7. The van der Waals surface area contributed by atoms with Crippen LogP contribution >= 0.6 is 0 Å². The van der Waals surface area contributed by atoms with Crippen molar-refractivity contribution in [1.82, 2.24) is 9.78 Å². The zero-order valence-electron chi connectivity index (χ0n) is 11.9. The predicted octanol–water partition coefficient (Wildman–Crippen LogP) is 2.66. The van der Waals surface area contributed by atoms with Crippen molar-refractivity contribution >= 4 is 16.7 Å². The highest BCUT2D eigenvalue weighted by molar-refractivity contribution is 5.86. The molecule has 1 aromatic heterocycles. The third kappa shape index (κ3) is 2.88. The molecule has 110 valence electrons. The number of aryl methyl sites for hydroxylation is 1. The van der Waals surface area contributed by atoms with Gasteiger partial charge in [0.1, 0.15) is 5.49 Å². The Balaban J connectivity index is 2.00. The maximum Gasteiger partial charge on any atom is 0.305 e. The molecule has 3 rings (SSSR count). The van der Waals surface area contributed by atoms with E-state index in [1.165, 1.54) is 4.68 Å². The third-order valence-electron chi connectivity index (χ3n) is 3.49. The maximum absolute atomic E-state index is 10.7. The summed E-state index contributed by atoms with van der Waals surface area (Å²) in [5.41, 5.74) is 1.88. The Morgan fingerprint density at radius 2 is 1.86 bits per heavy atom. The molecule has 0 saturated carbocycles. The van der Waals surface area contributed by atoms with E-state index in [1.807, 2.05) is 42.5 Å². The van der Waals surface area contributed by atoms with Gasteiger partial charge < -0.3 is 5.11 Å². The Morgan fingerprint density at radius 3 is 2.64 bits per heavy atom. The first-order valence-corrected chi connectivity index (χ1v) is 6.97. The Hall–Kier alpha value is -2.95. The Labute approximate surface area is 127 Å². The van der Waals surface area contributed by atoms with Gasteiger partial charge >= 0.3 is 5.97 Å². The maximum atomic E-state index is 10.7. The molecule has 0 spiro atoms. The van der Waals surface area contributed by atoms with Crippen LogP contribution in [0.3, 0.4) is 0 Å². The highest BCUT2D eigenvalue weighted by atomic mass is 16.4. The number of benzene rings is 2. The Morgan fingerprint density at radius 1 is 1.09 bits per heavy atom. The van der Waals surface area contributed by atoms with Crippen LogP contribution in [0.25, 0.3) is 22.0 Å². The van der Waals surface area contributed by atoms with Gasteiger partial charge in [-0.1, -0.05) is 36.4 Å². The van der Waals surface area contributed by atoms with E-state index in [-0.39, 0.29) is 18.5 Å². The van der Waals surface area contributed by atoms with Crippen molar-refractivity contribution in [2.75, 3.05) is 0 Å². The van der Waals surface area contributed by atoms with Crippen molar-refractivity contribution < 1.29 is 9.90 Å². The molecule has 5 nitrogen and oxygen atoms in total. The van der Waals surface area contributed by atoms with Crippen LogP contribution in [0.5, 0.6) is 0 Å². The monoisotopic (exact) mass is 293 g/mol. The Bertz CT molecular complexity index is 900. The van der Waals surface area contributed by atoms with E-state index in [2.05, 4.69) is 5.10 Å². The molecule has 3 aromatic rings. The second kappa shape index (κ2) is 5.81. The minimum Gasteiger partial charge on any atom is -0.481 e. The van der Waals surface area contributed by atoms with E-state index in [0.29, 0.717) is 0 Å². The van der Waals surface area contributed by atoms with Crippen molar-refractivity contribution in [1.29, 1.82) is 5.41 Å². The number of hydrogen-bond acceptors (Lipinski definition) is 3. The van der Waals surface area contributed by atoms with Crippen LogP contribution in [0.2, 0.25) is 0 Å². The second-order valence-electron chi connectivity index (χ2n) is 5.03. The van der Waals surface area contributed by atoms with Gasteiger partial charge in [-0.15, -0.1) is 0 Å². The first-order chi connectivity index (χ1) is 10.6. The molecule has 2 N–H and O–H groups in total. The molecule has 22 heavy (non-hydrogen) atoms. The number of carboxylic acid groups (broad SMARTS) is 1. The van der Waals surface area contributed by atoms with Gasteiger partial charge in [0.05, 0.1) is 18.7 Å². The molecule has 0 radical (unpaired) electrons. The number of carboxylic acids is 1. The van der Waals surface area contributed by atoms with Gasteiger partial charge in [-0.2, -0.15) is 5.10 Å². The number of fused-ring (bicyclic) bond motifs is 1. The summed E-state index contributed by atoms with van der Waals surface area (Å²) in [7, 11) is 0. The van der Waals surface area contributed by atoms with Gasteiger partial charge in [-0.3, -0.25) is 10.2 Å². The molecule has 0 atom stereocenters. The summed E-state index contributed by atoms with van der Waals surface area (Å²) in [6, 6.07) is 17.5. The van der Waals surface area contributed by atoms with Crippen LogP contribution in [0.15, 0.2) is 54.6 Å². The SMILES string of the molecule is N=c1ccc(-c2ccc3ccccc3c2)nn1CCC(=O)O. The van der Waals surface area contributed by atoms with Crippen molar-refractivity contribution in [2.24, 2.45) is 0 Å². The molecule has 0 aliphatic heterocycles. The van der Waals surface area contributed by atoms with Crippen LogP contribution in [-0.2, 0) is 11.3 Å². The second-order valence-corrected chi connectivity index (χ2v) is 5.03. The molecule has 0 unspecified atom stereocenters. The van der Waals surface area contributed by atoms with Gasteiger partial charge in [-0.25, -0.2) is 4.68 Å². The van der Waals surface area contributed by atoms with E-state index >= 15 is 0 Å². The smallest absolute Gasteiger partial charge is 0.305 e. The molecular weight excluding hydrogens is 278 g/mol. The zero-order chi connectivity index (χ0) is 15.5. The van der Waals surface area contributed by atoms with Crippen LogP contribution in [0.4, 0.5) is 0 Å². The largest absolute Gasteiger partial charge is 0.481 e. The van der Waals surface area contributed by atoms with E-state index in [0.717, 1.165) is 22.0 Å². The molecular formula is C17H15N3O2. The summed E-state index contributed by atoms with van der Waals surface area (Å²) in [5.74, 6) is -0.898. The average molecular weight is 293 g/mol. The number of nitrogens with zero attached hydrogens (tertiary/aromatic N) is 2. The van der Waals surface area contributed by atoms with Gasteiger partial charge in [0.2, 0.25) is 0 Å². The molecule has 0 aliphatic rings. The molecule has 1 heterocycles. The predicted molar refractivity (Wildman–Crippen MR) is 83.3 cm³/mol. The Kier molecular flexibility index (Phi) is 3.70. The highest BCUT2D eigenvalue weighted by Crippen LogP contribution is 2.22. The fourth-order valence-corrected chi connectivity index (χ4v) is 2.34. The molecule has 0 bridgehead atoms. The van der Waals surface area contributed by atoms with Gasteiger partial charge in [-0.05, 0) is 29.0 Å². The lowest BCUT2D eigenvalue weighted by molar-refractivity contribution is -0.137. The minimum absolute atomic E-state index is 0.0509. The van der Waals surface area contributed by atoms with E-state index in [4.69, 9.17) is 10.5 Å². The van der Waals surface area contributed by atoms with Crippen molar-refractivity contribution in [2.45, 2.75) is 13.0 Å². The molecule has 0 saturated heterocycles. The van der Waals surface area contributed by atoms with Crippen LogP contribution in [0, 0.1) is 5.41 Å². The summed E-state index contributed by atoms with van der Waals surface area (Å²) in [5, 5.41) is 23.2. The third-order valence-corrected chi connectivity index (χ3v) is 3.49. The molecule has 0 fully saturated rings. The van der Waals surface area contributed by atoms with Crippen molar-refractivity contribution in [3.8, 4) is 11.3 Å². The molecule has 2 aromatic carbocycles. The minimum atomic E-state index is -0.898. The molecule has 0 amide bonds.